The van der Waals surface area contributed by atoms with Crippen LogP contribution < -0.4 is 5.32 Å². The molecule has 0 bridgehead atoms. The Labute approximate surface area is 170 Å². The lowest BCUT2D eigenvalue weighted by atomic mass is 10.1. The number of likely N-dealkylation sites (N-methyl/N-ethyl adjacent to an activating group) is 1. The smallest absolute Gasteiger partial charge is 0.184 e. The zero-order valence-corrected chi connectivity index (χ0v) is 17.5. The van der Waals surface area contributed by atoms with E-state index < -0.39 is 0 Å². The van der Waals surface area contributed by atoms with Crippen molar-refractivity contribution in [3.05, 3.63) is 35.4 Å². The summed E-state index contributed by atoms with van der Waals surface area (Å²) in [6.45, 7) is 8.16. The average molecular weight is 398 g/mol. The SMILES string of the molecule is CCN1CCCC1CN(Cc1cc2ccc(C)cc2n2nnnc12)C(=S)NC. The van der Waals surface area contributed by atoms with Crippen LogP contribution in [0.15, 0.2) is 24.3 Å². The Morgan fingerprint density at radius 3 is 3.00 bits per heavy atom. The number of benzene rings is 1. The summed E-state index contributed by atoms with van der Waals surface area (Å²) in [5.41, 5.74) is 4.09. The molecule has 1 unspecified atom stereocenters. The monoisotopic (exact) mass is 397 g/mol. The molecule has 0 saturated carbocycles. The highest BCUT2D eigenvalue weighted by atomic mass is 32.1. The van der Waals surface area contributed by atoms with Crippen molar-refractivity contribution < 1.29 is 0 Å². The number of hydrogen-bond donors (Lipinski definition) is 1. The number of aromatic nitrogens is 4. The van der Waals surface area contributed by atoms with Crippen molar-refractivity contribution in [2.75, 3.05) is 26.7 Å². The van der Waals surface area contributed by atoms with Crippen molar-refractivity contribution in [2.45, 2.75) is 39.3 Å². The molecule has 28 heavy (non-hydrogen) atoms. The van der Waals surface area contributed by atoms with Gasteiger partial charge in [-0.15, -0.1) is 5.10 Å². The zero-order chi connectivity index (χ0) is 19.7. The minimum atomic E-state index is 0.534. The van der Waals surface area contributed by atoms with Crippen molar-refractivity contribution in [2.24, 2.45) is 0 Å². The van der Waals surface area contributed by atoms with Gasteiger partial charge in [0.15, 0.2) is 10.8 Å². The quantitative estimate of drug-likeness (QED) is 0.663. The number of fused-ring (bicyclic) bond motifs is 3. The van der Waals surface area contributed by atoms with Gasteiger partial charge >= 0.3 is 0 Å². The van der Waals surface area contributed by atoms with E-state index in [4.69, 9.17) is 12.2 Å². The van der Waals surface area contributed by atoms with Gasteiger partial charge in [0.05, 0.1) is 5.52 Å². The summed E-state index contributed by atoms with van der Waals surface area (Å²) in [4.78, 5) is 4.79. The van der Waals surface area contributed by atoms with E-state index in [1.54, 1.807) is 0 Å². The molecule has 0 spiro atoms. The zero-order valence-electron chi connectivity index (χ0n) is 16.7. The summed E-state index contributed by atoms with van der Waals surface area (Å²) in [7, 11) is 1.89. The van der Waals surface area contributed by atoms with Gasteiger partial charge in [-0.05, 0) is 73.2 Å². The number of nitrogens with one attached hydrogen (secondary N) is 1. The van der Waals surface area contributed by atoms with Gasteiger partial charge in [-0.25, -0.2) is 0 Å². The molecule has 8 heteroatoms. The van der Waals surface area contributed by atoms with Crippen LogP contribution in [0.1, 0.15) is 30.9 Å². The molecular weight excluding hydrogens is 370 g/mol. The second-order valence-electron chi connectivity index (χ2n) is 7.51. The summed E-state index contributed by atoms with van der Waals surface area (Å²) < 4.78 is 1.84. The summed E-state index contributed by atoms with van der Waals surface area (Å²) in [6, 6.07) is 9.10. The van der Waals surface area contributed by atoms with Gasteiger partial charge in [0.1, 0.15) is 0 Å². The highest BCUT2D eigenvalue weighted by Crippen LogP contribution is 2.23. The third-order valence-electron chi connectivity index (χ3n) is 5.70. The van der Waals surface area contributed by atoms with Crippen molar-refractivity contribution >= 4 is 33.9 Å². The van der Waals surface area contributed by atoms with Crippen molar-refractivity contribution in [3.63, 3.8) is 0 Å². The van der Waals surface area contributed by atoms with Gasteiger partial charge in [0.25, 0.3) is 0 Å². The normalized spacial score (nSPS) is 17.5. The predicted octanol–water partition coefficient (Wildman–Crippen LogP) is 2.38. The van der Waals surface area contributed by atoms with Crippen LogP contribution in [0.4, 0.5) is 0 Å². The van der Waals surface area contributed by atoms with Crippen LogP contribution >= 0.6 is 12.2 Å². The number of thiocarbonyl (C=S) groups is 1. The lowest BCUT2D eigenvalue weighted by Crippen LogP contribution is -2.45. The van der Waals surface area contributed by atoms with E-state index in [1.165, 1.54) is 24.9 Å². The van der Waals surface area contributed by atoms with E-state index in [0.717, 1.165) is 40.3 Å². The maximum absolute atomic E-state index is 5.64. The Morgan fingerprint density at radius 2 is 2.21 bits per heavy atom. The van der Waals surface area contributed by atoms with Crippen molar-refractivity contribution in [1.29, 1.82) is 0 Å². The Hall–Kier alpha value is -2.32. The Kier molecular flexibility index (Phi) is 5.41. The molecule has 1 N–H and O–H groups in total. The Balaban J connectivity index is 1.69. The molecule has 0 aliphatic carbocycles. The highest BCUT2D eigenvalue weighted by molar-refractivity contribution is 7.80. The lowest BCUT2D eigenvalue weighted by molar-refractivity contribution is 0.220. The molecule has 7 nitrogen and oxygen atoms in total. The maximum atomic E-state index is 5.64. The highest BCUT2D eigenvalue weighted by Gasteiger charge is 2.26. The van der Waals surface area contributed by atoms with E-state index in [9.17, 15) is 0 Å². The van der Waals surface area contributed by atoms with Gasteiger partial charge < -0.3 is 10.2 Å². The number of aryl methyl sites for hydroxylation is 1. The maximum Gasteiger partial charge on any atom is 0.184 e. The molecule has 1 aliphatic heterocycles. The van der Waals surface area contributed by atoms with Crippen LogP contribution in [-0.4, -0.2) is 67.7 Å². The molecule has 1 aromatic carbocycles. The van der Waals surface area contributed by atoms with E-state index in [1.807, 2.05) is 11.6 Å². The number of tetrazole rings is 1. The first-order chi connectivity index (χ1) is 13.6. The average Bonchev–Trinajstić information content (AvgIpc) is 3.36. The molecule has 3 heterocycles. The van der Waals surface area contributed by atoms with Gasteiger partial charge in [0, 0.05) is 37.1 Å². The molecule has 2 aromatic heterocycles. The Morgan fingerprint density at radius 1 is 1.36 bits per heavy atom. The van der Waals surface area contributed by atoms with Crippen molar-refractivity contribution in [3.8, 4) is 0 Å². The summed E-state index contributed by atoms with van der Waals surface area (Å²) in [5.74, 6) is 0. The van der Waals surface area contributed by atoms with Crippen LogP contribution in [0.5, 0.6) is 0 Å². The molecule has 1 saturated heterocycles. The van der Waals surface area contributed by atoms with Crippen LogP contribution in [0.25, 0.3) is 16.6 Å². The second kappa shape index (κ2) is 7.97. The van der Waals surface area contributed by atoms with E-state index in [2.05, 4.69) is 68.8 Å². The van der Waals surface area contributed by atoms with E-state index in [-0.39, 0.29) is 0 Å². The molecule has 1 atom stereocenters. The number of rotatable bonds is 5. The number of likely N-dealkylation sites (tertiary alicyclic amines) is 1. The molecule has 4 rings (SSSR count). The summed E-state index contributed by atoms with van der Waals surface area (Å²) in [6.07, 6.45) is 2.47. The minimum absolute atomic E-state index is 0.534. The summed E-state index contributed by atoms with van der Waals surface area (Å²) >= 11 is 5.64. The number of hydrogen-bond acceptors (Lipinski definition) is 5. The van der Waals surface area contributed by atoms with Crippen molar-refractivity contribution in [1.82, 2.24) is 35.2 Å². The topological polar surface area (TPSA) is 61.6 Å². The third kappa shape index (κ3) is 3.54. The third-order valence-corrected chi connectivity index (χ3v) is 6.16. The van der Waals surface area contributed by atoms with Crippen LogP contribution in [0.3, 0.4) is 0 Å². The van der Waals surface area contributed by atoms with Gasteiger partial charge in [-0.1, -0.05) is 19.1 Å². The molecule has 3 aromatic rings. The molecule has 148 valence electrons. The van der Waals surface area contributed by atoms with Crippen LogP contribution in [0, 0.1) is 6.92 Å². The van der Waals surface area contributed by atoms with Gasteiger partial charge in [-0.3, -0.25) is 4.90 Å². The largest absolute Gasteiger partial charge is 0.366 e. The fraction of sp³-hybridized carbons (Fsp3) is 0.500. The first-order valence-electron chi connectivity index (χ1n) is 9.91. The van der Waals surface area contributed by atoms with Crippen LogP contribution in [0.2, 0.25) is 0 Å². The van der Waals surface area contributed by atoms with Gasteiger partial charge in [-0.2, -0.15) is 4.52 Å². The molecule has 1 aliphatic rings. The molecule has 0 amide bonds. The number of nitrogens with zero attached hydrogens (tertiary/aromatic N) is 6. The fourth-order valence-corrected chi connectivity index (χ4v) is 4.37. The van der Waals surface area contributed by atoms with Gasteiger partial charge in [0.2, 0.25) is 0 Å². The minimum Gasteiger partial charge on any atom is -0.366 e. The summed E-state index contributed by atoms with van der Waals surface area (Å²) in [5, 5.41) is 17.5. The standard InChI is InChI=1S/C20H27N7S/c1-4-25-9-5-6-17(25)13-26(20(28)21-3)12-16-11-15-8-7-14(2)10-18(15)27-19(16)22-23-24-27/h7-8,10-11,17H,4-6,9,12-13H2,1-3H3,(H,21,28). The second-order valence-corrected chi connectivity index (χ2v) is 7.89. The van der Waals surface area contributed by atoms with E-state index >= 15 is 0 Å². The molecule has 1 fully saturated rings. The van der Waals surface area contributed by atoms with E-state index in [0.29, 0.717) is 12.6 Å². The Bertz CT molecular complexity index is 999. The first-order valence-corrected chi connectivity index (χ1v) is 10.3. The first kappa shape index (κ1) is 19.0. The van der Waals surface area contributed by atoms with Crippen LogP contribution in [-0.2, 0) is 6.54 Å². The fourth-order valence-electron chi connectivity index (χ4n) is 4.23. The molecule has 0 radical (unpaired) electrons. The number of pyridine rings is 1. The predicted molar refractivity (Wildman–Crippen MR) is 115 cm³/mol. The lowest BCUT2D eigenvalue weighted by Gasteiger charge is -2.31. The molecular formula is C20H27N7S.